The average Bonchev–Trinajstić information content (AvgIpc) is 2.69. The molecule has 1 unspecified atom stereocenters. The lowest BCUT2D eigenvalue weighted by atomic mass is 9.97. The number of nitrogens with zero attached hydrogens (tertiary/aromatic N) is 1. The summed E-state index contributed by atoms with van der Waals surface area (Å²) in [6.45, 7) is 3.83. The highest BCUT2D eigenvalue weighted by atomic mass is 19.2. The van der Waals surface area contributed by atoms with Gasteiger partial charge in [-0.25, -0.2) is 13.8 Å². The highest BCUT2D eigenvalue weighted by Gasteiger charge is 2.25. The lowest BCUT2D eigenvalue weighted by Crippen LogP contribution is -2.34. The minimum absolute atomic E-state index is 0.00720. The topological polar surface area (TPSA) is 54.7 Å². The Hall–Kier alpha value is -1.49. The van der Waals surface area contributed by atoms with Crippen molar-refractivity contribution in [3.63, 3.8) is 0 Å². The van der Waals surface area contributed by atoms with Crippen molar-refractivity contribution in [1.82, 2.24) is 9.97 Å². The van der Waals surface area contributed by atoms with E-state index in [1.165, 1.54) is 6.07 Å². The standard InChI is InChI=1S/C12H15F2N3/c1-3-6-12(2,15)11-16-8-5-4-7(13)9(14)10(8)17-11/h4-5H,3,6,15H2,1-2H3,(H,16,17). The zero-order chi connectivity index (χ0) is 12.6. The normalized spacial score (nSPS) is 15.1. The lowest BCUT2D eigenvalue weighted by Gasteiger charge is -2.20. The van der Waals surface area contributed by atoms with Crippen molar-refractivity contribution in [2.75, 3.05) is 0 Å². The third-order valence-corrected chi connectivity index (χ3v) is 2.86. The minimum Gasteiger partial charge on any atom is -0.340 e. The number of rotatable bonds is 3. The quantitative estimate of drug-likeness (QED) is 0.865. The molecular weight excluding hydrogens is 224 g/mol. The second-order valence-corrected chi connectivity index (χ2v) is 4.51. The molecule has 1 atom stereocenters. The van der Waals surface area contributed by atoms with E-state index in [4.69, 9.17) is 5.73 Å². The fourth-order valence-electron chi connectivity index (χ4n) is 1.93. The molecule has 0 bridgehead atoms. The summed E-state index contributed by atoms with van der Waals surface area (Å²) in [7, 11) is 0. The molecule has 0 saturated heterocycles. The summed E-state index contributed by atoms with van der Waals surface area (Å²) in [5.41, 5.74) is 5.91. The molecule has 17 heavy (non-hydrogen) atoms. The van der Waals surface area contributed by atoms with Gasteiger partial charge in [0.25, 0.3) is 0 Å². The zero-order valence-electron chi connectivity index (χ0n) is 9.85. The van der Waals surface area contributed by atoms with Gasteiger partial charge >= 0.3 is 0 Å². The number of halogens is 2. The molecule has 3 nitrogen and oxygen atoms in total. The molecule has 2 rings (SSSR count). The maximum atomic E-state index is 13.5. The van der Waals surface area contributed by atoms with Gasteiger partial charge in [-0.2, -0.15) is 0 Å². The molecule has 1 heterocycles. The number of benzene rings is 1. The number of aromatic amines is 1. The summed E-state index contributed by atoms with van der Waals surface area (Å²) >= 11 is 0. The van der Waals surface area contributed by atoms with Gasteiger partial charge in [-0.05, 0) is 25.5 Å². The first kappa shape index (κ1) is 12.0. The van der Waals surface area contributed by atoms with Crippen molar-refractivity contribution >= 4 is 11.0 Å². The van der Waals surface area contributed by atoms with Crippen LogP contribution in [0, 0.1) is 11.6 Å². The van der Waals surface area contributed by atoms with E-state index in [0.717, 1.165) is 18.9 Å². The molecule has 0 fully saturated rings. The Bertz CT molecular complexity index is 546. The fraction of sp³-hybridized carbons (Fsp3) is 0.417. The Morgan fingerprint density at radius 1 is 1.41 bits per heavy atom. The predicted octanol–water partition coefficient (Wildman–Crippen LogP) is 2.82. The van der Waals surface area contributed by atoms with Crippen LogP contribution in [0.5, 0.6) is 0 Å². The van der Waals surface area contributed by atoms with Gasteiger partial charge in [0.05, 0.1) is 11.1 Å². The third kappa shape index (κ3) is 2.02. The van der Waals surface area contributed by atoms with Crippen LogP contribution < -0.4 is 5.73 Å². The van der Waals surface area contributed by atoms with Crippen LogP contribution in [0.1, 0.15) is 32.5 Å². The van der Waals surface area contributed by atoms with Gasteiger partial charge < -0.3 is 10.7 Å². The molecule has 1 aromatic heterocycles. The fourth-order valence-corrected chi connectivity index (χ4v) is 1.93. The van der Waals surface area contributed by atoms with Crippen molar-refractivity contribution in [3.05, 3.63) is 29.6 Å². The summed E-state index contributed by atoms with van der Waals surface area (Å²) in [6, 6.07) is 2.54. The van der Waals surface area contributed by atoms with E-state index in [9.17, 15) is 8.78 Å². The van der Waals surface area contributed by atoms with Crippen molar-refractivity contribution in [3.8, 4) is 0 Å². The number of nitrogens with one attached hydrogen (secondary N) is 1. The van der Waals surface area contributed by atoms with Gasteiger partial charge in [0.15, 0.2) is 11.6 Å². The van der Waals surface area contributed by atoms with Gasteiger partial charge in [0, 0.05) is 0 Å². The first-order valence-electron chi connectivity index (χ1n) is 5.59. The van der Waals surface area contributed by atoms with Gasteiger partial charge in [-0.1, -0.05) is 13.3 Å². The molecule has 3 N–H and O–H groups in total. The first-order valence-corrected chi connectivity index (χ1v) is 5.59. The zero-order valence-corrected chi connectivity index (χ0v) is 9.85. The first-order chi connectivity index (χ1) is 7.95. The van der Waals surface area contributed by atoms with Crippen molar-refractivity contribution < 1.29 is 8.78 Å². The number of hydrogen-bond acceptors (Lipinski definition) is 2. The maximum Gasteiger partial charge on any atom is 0.186 e. The molecule has 0 aliphatic carbocycles. The molecule has 1 aromatic carbocycles. The van der Waals surface area contributed by atoms with Crippen LogP contribution in [0.2, 0.25) is 0 Å². The number of fused-ring (bicyclic) bond motifs is 1. The summed E-state index contributed by atoms with van der Waals surface area (Å²) in [6.07, 6.45) is 1.61. The summed E-state index contributed by atoms with van der Waals surface area (Å²) in [5, 5.41) is 0. The number of aromatic nitrogens is 2. The molecule has 0 amide bonds. The van der Waals surface area contributed by atoms with Crippen molar-refractivity contribution in [2.45, 2.75) is 32.2 Å². The Balaban J connectivity index is 2.55. The van der Waals surface area contributed by atoms with Gasteiger partial charge in [0.1, 0.15) is 11.3 Å². The summed E-state index contributed by atoms with van der Waals surface area (Å²) in [5.74, 6) is -1.35. The number of hydrogen-bond donors (Lipinski definition) is 2. The van der Waals surface area contributed by atoms with Crippen LogP contribution in [0.25, 0.3) is 11.0 Å². The average molecular weight is 239 g/mol. The van der Waals surface area contributed by atoms with Gasteiger partial charge in [0.2, 0.25) is 0 Å². The largest absolute Gasteiger partial charge is 0.340 e. The number of nitrogens with two attached hydrogens (primary N) is 1. The van der Waals surface area contributed by atoms with E-state index in [1.54, 1.807) is 0 Å². The van der Waals surface area contributed by atoms with E-state index in [-0.39, 0.29) is 5.52 Å². The third-order valence-electron chi connectivity index (χ3n) is 2.86. The van der Waals surface area contributed by atoms with Gasteiger partial charge in [-0.15, -0.1) is 0 Å². The number of imidazole rings is 1. The van der Waals surface area contributed by atoms with Crippen LogP contribution in [0.15, 0.2) is 12.1 Å². The molecule has 0 radical (unpaired) electrons. The van der Waals surface area contributed by atoms with E-state index < -0.39 is 17.2 Å². The minimum atomic E-state index is -0.933. The maximum absolute atomic E-state index is 13.5. The molecule has 5 heteroatoms. The molecular formula is C12H15F2N3. The Morgan fingerprint density at radius 2 is 2.12 bits per heavy atom. The van der Waals surface area contributed by atoms with Crippen molar-refractivity contribution in [1.29, 1.82) is 0 Å². The highest BCUT2D eigenvalue weighted by molar-refractivity contribution is 5.76. The highest BCUT2D eigenvalue weighted by Crippen LogP contribution is 2.25. The van der Waals surface area contributed by atoms with E-state index in [2.05, 4.69) is 9.97 Å². The Morgan fingerprint density at radius 3 is 2.76 bits per heavy atom. The second-order valence-electron chi connectivity index (χ2n) is 4.51. The smallest absolute Gasteiger partial charge is 0.186 e. The van der Waals surface area contributed by atoms with Crippen LogP contribution in [-0.4, -0.2) is 9.97 Å². The van der Waals surface area contributed by atoms with E-state index in [0.29, 0.717) is 11.3 Å². The summed E-state index contributed by atoms with van der Waals surface area (Å²) in [4.78, 5) is 7.01. The monoisotopic (exact) mass is 239 g/mol. The Labute approximate surface area is 98.0 Å². The SMILES string of the molecule is CCCC(C)(N)c1nc2c(F)c(F)ccc2[nH]1. The van der Waals surface area contributed by atoms with Crippen LogP contribution in [0.3, 0.4) is 0 Å². The lowest BCUT2D eigenvalue weighted by molar-refractivity contribution is 0.424. The van der Waals surface area contributed by atoms with Crippen molar-refractivity contribution in [2.24, 2.45) is 5.73 Å². The molecule has 0 spiro atoms. The van der Waals surface area contributed by atoms with Crippen LogP contribution >= 0.6 is 0 Å². The molecule has 2 aromatic rings. The number of H-pyrrole nitrogens is 1. The van der Waals surface area contributed by atoms with E-state index in [1.807, 2.05) is 13.8 Å². The second kappa shape index (κ2) is 4.07. The van der Waals surface area contributed by atoms with Crippen LogP contribution in [-0.2, 0) is 5.54 Å². The molecule has 0 aliphatic rings. The predicted molar refractivity (Wildman–Crippen MR) is 62.5 cm³/mol. The molecule has 0 saturated carbocycles. The Kier molecular flexibility index (Phi) is 2.87. The van der Waals surface area contributed by atoms with Crippen LogP contribution in [0.4, 0.5) is 8.78 Å². The van der Waals surface area contributed by atoms with E-state index >= 15 is 0 Å². The van der Waals surface area contributed by atoms with Gasteiger partial charge in [-0.3, -0.25) is 0 Å². The summed E-state index contributed by atoms with van der Waals surface area (Å²) < 4.78 is 26.5. The molecule has 92 valence electrons. The molecule has 0 aliphatic heterocycles.